The molecular weight excluding hydrogens is 463 g/mol. The summed E-state index contributed by atoms with van der Waals surface area (Å²) >= 11 is 3.55. The van der Waals surface area contributed by atoms with Gasteiger partial charge in [0.25, 0.3) is 11.4 Å². The van der Waals surface area contributed by atoms with Crippen molar-refractivity contribution in [1.82, 2.24) is 0 Å². The van der Waals surface area contributed by atoms with E-state index < -0.39 is 9.85 Å². The molecule has 134 valence electrons. The molecule has 2 aromatic rings. The third-order valence-corrected chi connectivity index (χ3v) is 4.59. The summed E-state index contributed by atoms with van der Waals surface area (Å²) in [6.07, 6.45) is 1.89. The molecule has 0 aliphatic carbocycles. The van der Waals surface area contributed by atoms with Gasteiger partial charge < -0.3 is 9.47 Å². The first-order valence-electron chi connectivity index (χ1n) is 6.68. The van der Waals surface area contributed by atoms with Gasteiger partial charge in [-0.05, 0) is 41.0 Å². The van der Waals surface area contributed by atoms with E-state index in [2.05, 4.69) is 22.6 Å². The first-order valence-corrected chi connectivity index (χ1v) is 8.98. The Kier molecular flexibility index (Phi) is 8.41. The van der Waals surface area contributed by atoms with Crippen LogP contribution in [0.2, 0.25) is 0 Å². The quantitative estimate of drug-likeness (QED) is 0.269. The Balaban J connectivity index is 0.000000251. The first kappa shape index (κ1) is 21.0. The molecule has 0 radical (unpaired) electrons. The Labute approximate surface area is 162 Å². The van der Waals surface area contributed by atoms with Gasteiger partial charge in [0.15, 0.2) is 0 Å². The molecule has 0 saturated carbocycles. The number of hydrogen-bond acceptors (Lipinski definition) is 7. The number of benzene rings is 2. The Morgan fingerprint density at radius 1 is 0.920 bits per heavy atom. The van der Waals surface area contributed by atoms with Gasteiger partial charge >= 0.3 is 0 Å². The lowest BCUT2D eigenvalue weighted by Crippen LogP contribution is -1.91. The number of non-ortho nitro benzene ring substituents is 2. The number of hydrogen-bond donors (Lipinski definition) is 0. The minimum Gasteiger partial charge on any atom is -0.495 e. The molecular formula is C15H15IN2O6S. The summed E-state index contributed by atoms with van der Waals surface area (Å²) in [5.41, 5.74) is 0.0990. The van der Waals surface area contributed by atoms with Crippen LogP contribution in [0.4, 0.5) is 11.4 Å². The van der Waals surface area contributed by atoms with Crippen molar-refractivity contribution in [3.63, 3.8) is 0 Å². The summed E-state index contributed by atoms with van der Waals surface area (Å²) in [4.78, 5) is 20.8. The van der Waals surface area contributed by atoms with Crippen LogP contribution in [-0.4, -0.2) is 30.3 Å². The van der Waals surface area contributed by atoms with Gasteiger partial charge in [0.05, 0.1) is 39.8 Å². The Morgan fingerprint density at radius 3 is 1.84 bits per heavy atom. The molecule has 25 heavy (non-hydrogen) atoms. The first-order chi connectivity index (χ1) is 11.8. The molecule has 2 rings (SSSR count). The lowest BCUT2D eigenvalue weighted by Gasteiger charge is -2.04. The number of rotatable bonds is 5. The molecule has 0 aromatic heterocycles. The van der Waals surface area contributed by atoms with Crippen molar-refractivity contribution < 1.29 is 19.3 Å². The maximum atomic E-state index is 10.4. The molecule has 0 amide bonds. The lowest BCUT2D eigenvalue weighted by atomic mass is 10.3. The number of nitro benzene ring substituents is 2. The van der Waals surface area contributed by atoms with E-state index in [9.17, 15) is 20.2 Å². The summed E-state index contributed by atoms with van der Waals surface area (Å²) in [5, 5.41) is 20.7. The zero-order chi connectivity index (χ0) is 19.0. The second-order valence-electron chi connectivity index (χ2n) is 4.37. The standard InChI is InChI=1S/C8H9NO3S.C7H6INO3/c1-12-7-5-6(9(10)11)3-4-8(7)13-2;1-12-7-4-5(9(10)11)2-3-6(7)8/h3-5H,1-2H3;2-4H,1H3. The van der Waals surface area contributed by atoms with Crippen LogP contribution in [0, 0.1) is 23.8 Å². The van der Waals surface area contributed by atoms with Gasteiger partial charge in [-0.3, -0.25) is 20.2 Å². The van der Waals surface area contributed by atoms with E-state index in [1.54, 1.807) is 12.1 Å². The molecule has 0 spiro atoms. The Hall–Kier alpha value is -2.08. The Bertz CT molecular complexity index is 772. The van der Waals surface area contributed by atoms with Crippen LogP contribution in [0.3, 0.4) is 0 Å². The third kappa shape index (κ3) is 6.05. The van der Waals surface area contributed by atoms with Gasteiger partial charge in [-0.15, -0.1) is 11.8 Å². The van der Waals surface area contributed by atoms with Crippen molar-refractivity contribution in [2.45, 2.75) is 4.90 Å². The fourth-order valence-corrected chi connectivity index (χ4v) is 2.80. The molecule has 0 aliphatic heterocycles. The molecule has 0 atom stereocenters. The van der Waals surface area contributed by atoms with E-state index in [0.717, 1.165) is 8.47 Å². The van der Waals surface area contributed by atoms with Gasteiger partial charge in [-0.2, -0.15) is 0 Å². The van der Waals surface area contributed by atoms with E-state index in [4.69, 9.17) is 9.47 Å². The van der Waals surface area contributed by atoms with Crippen LogP contribution < -0.4 is 9.47 Å². The summed E-state index contributed by atoms with van der Waals surface area (Å²) in [6, 6.07) is 9.07. The molecule has 8 nitrogen and oxygen atoms in total. The van der Waals surface area contributed by atoms with Crippen LogP contribution in [0.5, 0.6) is 11.5 Å². The minimum atomic E-state index is -0.446. The van der Waals surface area contributed by atoms with Gasteiger partial charge in [-0.1, -0.05) is 0 Å². The Morgan fingerprint density at radius 2 is 1.40 bits per heavy atom. The van der Waals surface area contributed by atoms with Crippen molar-refractivity contribution in [3.8, 4) is 11.5 Å². The van der Waals surface area contributed by atoms with E-state index in [0.29, 0.717) is 11.5 Å². The highest BCUT2D eigenvalue weighted by atomic mass is 127. The topological polar surface area (TPSA) is 105 Å². The van der Waals surface area contributed by atoms with Crippen LogP contribution in [0.1, 0.15) is 0 Å². The molecule has 0 saturated heterocycles. The average Bonchev–Trinajstić information content (AvgIpc) is 2.61. The number of methoxy groups -OCH3 is 2. The molecule has 0 unspecified atom stereocenters. The van der Waals surface area contributed by atoms with E-state index in [-0.39, 0.29) is 11.4 Å². The normalized spacial score (nSPS) is 9.60. The fraction of sp³-hybridized carbons (Fsp3) is 0.200. The van der Waals surface area contributed by atoms with Gasteiger partial charge in [0, 0.05) is 17.0 Å². The molecule has 0 bridgehead atoms. The largest absolute Gasteiger partial charge is 0.495 e. The highest BCUT2D eigenvalue weighted by Gasteiger charge is 2.10. The number of nitro groups is 2. The zero-order valence-electron chi connectivity index (χ0n) is 13.6. The van der Waals surface area contributed by atoms with Crippen molar-refractivity contribution in [1.29, 1.82) is 0 Å². The maximum Gasteiger partial charge on any atom is 0.273 e. The molecule has 2 aromatic carbocycles. The van der Waals surface area contributed by atoms with Gasteiger partial charge in [-0.25, -0.2) is 0 Å². The maximum absolute atomic E-state index is 10.4. The third-order valence-electron chi connectivity index (χ3n) is 2.92. The van der Waals surface area contributed by atoms with Crippen molar-refractivity contribution in [2.24, 2.45) is 0 Å². The highest BCUT2D eigenvalue weighted by molar-refractivity contribution is 14.1. The zero-order valence-corrected chi connectivity index (χ0v) is 16.6. The summed E-state index contributed by atoms with van der Waals surface area (Å²) in [6.45, 7) is 0. The summed E-state index contributed by atoms with van der Waals surface area (Å²) < 4.78 is 10.8. The van der Waals surface area contributed by atoms with E-state index in [1.807, 2.05) is 6.26 Å². The number of nitrogens with zero attached hydrogens (tertiary/aromatic N) is 2. The predicted octanol–water partition coefficient (Wildman–Crippen LogP) is 4.53. The summed E-state index contributed by atoms with van der Waals surface area (Å²) in [5.74, 6) is 1.08. The molecule has 10 heteroatoms. The minimum absolute atomic E-state index is 0.0484. The smallest absolute Gasteiger partial charge is 0.273 e. The monoisotopic (exact) mass is 478 g/mol. The fourth-order valence-electron chi connectivity index (χ4n) is 1.70. The number of halogens is 1. The van der Waals surface area contributed by atoms with Crippen LogP contribution >= 0.6 is 34.4 Å². The number of ether oxygens (including phenoxy) is 2. The van der Waals surface area contributed by atoms with Gasteiger partial charge in [0.1, 0.15) is 11.5 Å². The SMILES string of the molecule is COc1cc([N+](=O)[O-])ccc1I.COc1cc([N+](=O)[O-])ccc1SC. The second kappa shape index (κ2) is 10.0. The number of thioether (sulfide) groups is 1. The second-order valence-corrected chi connectivity index (χ2v) is 6.38. The highest BCUT2D eigenvalue weighted by Crippen LogP contribution is 2.30. The molecule has 0 N–H and O–H groups in total. The molecule has 0 heterocycles. The summed E-state index contributed by atoms with van der Waals surface area (Å²) in [7, 11) is 2.99. The average molecular weight is 478 g/mol. The van der Waals surface area contributed by atoms with Crippen molar-refractivity contribution in [3.05, 3.63) is 60.2 Å². The lowest BCUT2D eigenvalue weighted by molar-refractivity contribution is -0.385. The van der Waals surface area contributed by atoms with Crippen molar-refractivity contribution in [2.75, 3.05) is 20.5 Å². The molecule has 0 fully saturated rings. The van der Waals surface area contributed by atoms with Crippen LogP contribution in [0.25, 0.3) is 0 Å². The predicted molar refractivity (Wildman–Crippen MR) is 104 cm³/mol. The van der Waals surface area contributed by atoms with Crippen LogP contribution in [-0.2, 0) is 0 Å². The van der Waals surface area contributed by atoms with E-state index >= 15 is 0 Å². The van der Waals surface area contributed by atoms with Gasteiger partial charge in [0.2, 0.25) is 0 Å². The van der Waals surface area contributed by atoms with Crippen LogP contribution in [0.15, 0.2) is 41.3 Å². The molecule has 0 aliphatic rings. The van der Waals surface area contributed by atoms with Crippen molar-refractivity contribution >= 4 is 45.7 Å². The van der Waals surface area contributed by atoms with E-state index in [1.165, 1.54) is 50.2 Å².